The van der Waals surface area contributed by atoms with Crippen molar-refractivity contribution in [2.24, 2.45) is 0 Å². The van der Waals surface area contributed by atoms with E-state index in [1.54, 1.807) is 43.0 Å². The molecule has 0 radical (unpaired) electrons. The zero-order chi connectivity index (χ0) is 15.3. The molecule has 0 aliphatic carbocycles. The zero-order valence-electron chi connectivity index (χ0n) is 12.2. The van der Waals surface area contributed by atoms with Gasteiger partial charge in [-0.2, -0.15) is 0 Å². The van der Waals surface area contributed by atoms with Crippen LogP contribution in [0.3, 0.4) is 0 Å². The van der Waals surface area contributed by atoms with Crippen LogP contribution >= 0.6 is 24.2 Å². The lowest BCUT2D eigenvalue weighted by Crippen LogP contribution is -2.41. The topological polar surface area (TPSA) is 87.3 Å². The van der Waals surface area contributed by atoms with E-state index in [0.717, 1.165) is 17.2 Å². The predicted octanol–water partition coefficient (Wildman–Crippen LogP) is 0.685. The van der Waals surface area contributed by atoms with Crippen LogP contribution in [0.5, 0.6) is 0 Å². The van der Waals surface area contributed by atoms with E-state index in [9.17, 15) is 13.2 Å². The molecule has 1 saturated heterocycles. The number of halogens is 1. The molecule has 6 nitrogen and oxygen atoms in total. The molecule has 1 aromatic rings. The van der Waals surface area contributed by atoms with Gasteiger partial charge in [-0.3, -0.25) is 10.1 Å². The summed E-state index contributed by atoms with van der Waals surface area (Å²) in [6.07, 6.45) is 0. The van der Waals surface area contributed by atoms with Crippen LogP contribution in [0.1, 0.15) is 12.5 Å². The van der Waals surface area contributed by atoms with Gasteiger partial charge in [0.2, 0.25) is 15.9 Å². The number of hydrogen-bond donors (Lipinski definition) is 3. The Kier molecular flexibility index (Phi) is 7.64. The third-order valence-corrected chi connectivity index (χ3v) is 5.57. The van der Waals surface area contributed by atoms with E-state index in [2.05, 4.69) is 15.4 Å². The molecule has 1 fully saturated rings. The number of amides is 1. The third-order valence-electron chi connectivity index (χ3n) is 3.07. The van der Waals surface area contributed by atoms with Crippen LogP contribution in [-0.2, 0) is 21.4 Å². The lowest BCUT2D eigenvalue weighted by atomic mass is 10.2. The van der Waals surface area contributed by atoms with Gasteiger partial charge >= 0.3 is 0 Å². The highest BCUT2D eigenvalue weighted by atomic mass is 35.5. The van der Waals surface area contributed by atoms with Crippen LogP contribution in [0.25, 0.3) is 0 Å². The minimum atomic E-state index is -3.42. The number of nitrogens with one attached hydrogen (secondary N) is 3. The van der Waals surface area contributed by atoms with Gasteiger partial charge in [-0.1, -0.05) is 19.1 Å². The second-order valence-corrected chi connectivity index (χ2v) is 7.43. The highest BCUT2D eigenvalue weighted by Crippen LogP contribution is 2.11. The molecule has 3 N–H and O–H groups in total. The Hall–Kier alpha value is -0.800. The molecule has 0 spiro atoms. The van der Waals surface area contributed by atoms with Crippen molar-refractivity contribution in [3.63, 3.8) is 0 Å². The van der Waals surface area contributed by atoms with Gasteiger partial charge in [0.05, 0.1) is 10.9 Å². The predicted molar refractivity (Wildman–Crippen MR) is 90.6 cm³/mol. The summed E-state index contributed by atoms with van der Waals surface area (Å²) in [6, 6.07) is 6.37. The fourth-order valence-corrected chi connectivity index (χ4v) is 3.92. The highest BCUT2D eigenvalue weighted by molar-refractivity contribution is 7.99. The van der Waals surface area contributed by atoms with Crippen molar-refractivity contribution < 1.29 is 13.2 Å². The van der Waals surface area contributed by atoms with E-state index in [4.69, 9.17) is 0 Å². The van der Waals surface area contributed by atoms with Crippen LogP contribution in [0.4, 0.5) is 0 Å². The largest absolute Gasteiger partial charge is 0.351 e. The van der Waals surface area contributed by atoms with Crippen molar-refractivity contribution in [1.29, 1.82) is 0 Å². The molecule has 1 aliphatic rings. The first-order valence-corrected chi connectivity index (χ1v) is 9.34. The standard InChI is InChI=1S/C13H19N3O3S2.ClH/c1-2-16-21(18,19)11-5-3-10(4-6-11)7-14-13(17)12-8-20-9-15-12;/h3-6,12,15-16H,2,7-9H2,1H3,(H,14,17);1H. The SMILES string of the molecule is CCNS(=O)(=O)c1ccc(CNC(=O)C2CSCN2)cc1.Cl. The number of benzene rings is 1. The van der Waals surface area contributed by atoms with Crippen LogP contribution in [0.2, 0.25) is 0 Å². The maximum absolute atomic E-state index is 11.8. The van der Waals surface area contributed by atoms with Crippen molar-refractivity contribution in [2.75, 3.05) is 18.2 Å². The van der Waals surface area contributed by atoms with Crippen LogP contribution in [0, 0.1) is 0 Å². The Balaban J connectivity index is 0.00000242. The molecule has 22 heavy (non-hydrogen) atoms. The lowest BCUT2D eigenvalue weighted by molar-refractivity contribution is -0.122. The summed E-state index contributed by atoms with van der Waals surface area (Å²) >= 11 is 1.70. The molecule has 1 heterocycles. The minimum absolute atomic E-state index is 0. The molecule has 1 aliphatic heterocycles. The van der Waals surface area contributed by atoms with Gasteiger partial charge < -0.3 is 5.32 Å². The molecular formula is C13H20ClN3O3S2. The lowest BCUT2D eigenvalue weighted by Gasteiger charge is -2.11. The van der Waals surface area contributed by atoms with Crippen molar-refractivity contribution in [2.45, 2.75) is 24.4 Å². The molecule has 124 valence electrons. The van der Waals surface area contributed by atoms with Crippen molar-refractivity contribution >= 4 is 40.1 Å². The van der Waals surface area contributed by atoms with Gasteiger partial charge in [0, 0.05) is 24.7 Å². The number of carbonyl (C=O) groups is 1. The van der Waals surface area contributed by atoms with Gasteiger partial charge in [0.1, 0.15) is 0 Å². The second-order valence-electron chi connectivity index (χ2n) is 4.63. The Morgan fingerprint density at radius 1 is 1.36 bits per heavy atom. The third kappa shape index (κ3) is 5.13. The van der Waals surface area contributed by atoms with Gasteiger partial charge in [-0.25, -0.2) is 13.1 Å². The summed E-state index contributed by atoms with van der Waals surface area (Å²) in [5.41, 5.74) is 0.865. The van der Waals surface area contributed by atoms with Crippen molar-refractivity contribution in [3.8, 4) is 0 Å². The maximum Gasteiger partial charge on any atom is 0.240 e. The quantitative estimate of drug-likeness (QED) is 0.690. The van der Waals surface area contributed by atoms with E-state index in [1.165, 1.54) is 0 Å². The van der Waals surface area contributed by atoms with Gasteiger partial charge in [-0.15, -0.1) is 24.2 Å². The molecular weight excluding hydrogens is 346 g/mol. The average molecular weight is 366 g/mol. The Morgan fingerprint density at radius 2 is 2.05 bits per heavy atom. The number of carbonyl (C=O) groups excluding carboxylic acids is 1. The van der Waals surface area contributed by atoms with Crippen LogP contribution < -0.4 is 15.4 Å². The number of hydrogen-bond acceptors (Lipinski definition) is 5. The van der Waals surface area contributed by atoms with Gasteiger partial charge in [-0.05, 0) is 17.7 Å². The molecule has 1 unspecified atom stereocenters. The summed E-state index contributed by atoms with van der Waals surface area (Å²) in [5, 5.41) is 5.94. The van der Waals surface area contributed by atoms with E-state index < -0.39 is 10.0 Å². The smallest absolute Gasteiger partial charge is 0.240 e. The van der Waals surface area contributed by atoms with E-state index in [0.29, 0.717) is 13.1 Å². The molecule has 1 atom stereocenters. The van der Waals surface area contributed by atoms with E-state index >= 15 is 0 Å². The highest BCUT2D eigenvalue weighted by Gasteiger charge is 2.21. The fraction of sp³-hybridized carbons (Fsp3) is 0.462. The number of thioether (sulfide) groups is 1. The van der Waals surface area contributed by atoms with Crippen LogP contribution in [0.15, 0.2) is 29.2 Å². The van der Waals surface area contributed by atoms with Crippen LogP contribution in [-0.4, -0.2) is 38.5 Å². The van der Waals surface area contributed by atoms with Gasteiger partial charge in [0.15, 0.2) is 0 Å². The molecule has 0 saturated carbocycles. The Bertz CT molecular complexity index is 587. The summed E-state index contributed by atoms with van der Waals surface area (Å²) in [7, 11) is -3.42. The number of rotatable bonds is 6. The first kappa shape index (κ1) is 19.2. The normalized spacial score (nSPS) is 17.8. The first-order chi connectivity index (χ1) is 10.0. The summed E-state index contributed by atoms with van der Waals surface area (Å²) in [4.78, 5) is 12.1. The second kappa shape index (κ2) is 8.73. The monoisotopic (exact) mass is 365 g/mol. The molecule has 2 rings (SSSR count). The molecule has 0 aromatic heterocycles. The van der Waals surface area contributed by atoms with E-state index in [-0.39, 0.29) is 29.3 Å². The number of sulfonamides is 1. The van der Waals surface area contributed by atoms with E-state index in [1.807, 2.05) is 0 Å². The molecule has 0 bridgehead atoms. The van der Waals surface area contributed by atoms with Gasteiger partial charge in [0.25, 0.3) is 0 Å². The minimum Gasteiger partial charge on any atom is -0.351 e. The summed E-state index contributed by atoms with van der Waals surface area (Å²) in [5.74, 6) is 1.56. The molecule has 1 amide bonds. The Labute approximate surface area is 141 Å². The van der Waals surface area contributed by atoms with Crippen molar-refractivity contribution in [1.82, 2.24) is 15.4 Å². The maximum atomic E-state index is 11.8. The fourth-order valence-electron chi connectivity index (χ4n) is 1.94. The zero-order valence-corrected chi connectivity index (χ0v) is 14.6. The molecule has 9 heteroatoms. The summed E-state index contributed by atoms with van der Waals surface area (Å²) in [6.45, 7) is 2.48. The Morgan fingerprint density at radius 3 is 2.59 bits per heavy atom. The molecule has 1 aromatic carbocycles. The summed E-state index contributed by atoms with van der Waals surface area (Å²) < 4.78 is 26.0. The first-order valence-electron chi connectivity index (χ1n) is 6.70. The average Bonchev–Trinajstić information content (AvgIpc) is 2.99. The van der Waals surface area contributed by atoms with Crippen molar-refractivity contribution in [3.05, 3.63) is 29.8 Å².